The van der Waals surface area contributed by atoms with E-state index in [-0.39, 0.29) is 6.10 Å². The van der Waals surface area contributed by atoms with E-state index in [9.17, 15) is 5.11 Å². The highest BCUT2D eigenvalue weighted by Crippen LogP contribution is 2.52. The number of fused-ring (bicyclic) bond motifs is 3. The van der Waals surface area contributed by atoms with E-state index in [1.807, 2.05) is 25.3 Å². The van der Waals surface area contributed by atoms with Gasteiger partial charge in [0, 0.05) is 30.3 Å². The predicted molar refractivity (Wildman–Crippen MR) is 108 cm³/mol. The molecule has 1 aromatic heterocycles. The van der Waals surface area contributed by atoms with Gasteiger partial charge < -0.3 is 19.1 Å². The van der Waals surface area contributed by atoms with Crippen LogP contribution >= 0.6 is 0 Å². The lowest BCUT2D eigenvalue weighted by Crippen LogP contribution is -2.74. The maximum absolute atomic E-state index is 11.1. The molecule has 1 N–H and O–H groups in total. The van der Waals surface area contributed by atoms with E-state index < -0.39 is 5.79 Å². The molecule has 150 valence electrons. The van der Waals surface area contributed by atoms with Gasteiger partial charge in [0.25, 0.3) is 0 Å². The molecule has 5 heterocycles. The van der Waals surface area contributed by atoms with E-state index in [1.165, 1.54) is 25.8 Å². The van der Waals surface area contributed by atoms with Gasteiger partial charge in [-0.2, -0.15) is 0 Å². The van der Waals surface area contributed by atoms with Crippen LogP contribution in [0, 0.1) is 11.8 Å². The molecule has 0 amide bonds. The number of quaternary nitrogens is 1. The molecule has 6 atom stereocenters. The van der Waals surface area contributed by atoms with Crippen LogP contribution in [0.15, 0.2) is 30.5 Å². The van der Waals surface area contributed by atoms with E-state index >= 15 is 0 Å². The number of benzene rings is 1. The SMILES string of the molecule is CC[C@H]1C[N@+]23CC[C@H]1C[C@@H]2[C@H](c1ccnc2ccc(OC)cc12)O[C@@](C)(O)C3. The summed E-state index contributed by atoms with van der Waals surface area (Å²) in [6.45, 7) is 7.19. The van der Waals surface area contributed by atoms with Crippen LogP contribution in [0.1, 0.15) is 44.8 Å². The quantitative estimate of drug-likeness (QED) is 0.822. The average Bonchev–Trinajstić information content (AvgIpc) is 2.70. The van der Waals surface area contributed by atoms with Gasteiger partial charge in [0.1, 0.15) is 24.4 Å². The van der Waals surface area contributed by atoms with E-state index in [1.54, 1.807) is 7.11 Å². The van der Waals surface area contributed by atoms with Crippen LogP contribution < -0.4 is 4.74 Å². The van der Waals surface area contributed by atoms with Gasteiger partial charge in [0.05, 0.1) is 25.7 Å². The van der Waals surface area contributed by atoms with Crippen molar-refractivity contribution in [2.75, 3.05) is 26.7 Å². The number of nitrogens with zero attached hydrogens (tertiary/aromatic N) is 2. The highest BCUT2D eigenvalue weighted by Gasteiger charge is 2.60. The zero-order valence-corrected chi connectivity index (χ0v) is 17.1. The van der Waals surface area contributed by atoms with Gasteiger partial charge in [0.2, 0.25) is 5.79 Å². The minimum atomic E-state index is -1.11. The average molecular weight is 384 g/mol. The number of piperidine rings is 3. The normalized spacial score (nSPS) is 39.7. The summed E-state index contributed by atoms with van der Waals surface area (Å²) < 4.78 is 12.9. The zero-order valence-electron chi connectivity index (χ0n) is 17.1. The molecule has 4 fully saturated rings. The van der Waals surface area contributed by atoms with Gasteiger partial charge in [-0.15, -0.1) is 0 Å². The molecule has 5 nitrogen and oxygen atoms in total. The number of ether oxygens (including phenoxy) is 2. The highest BCUT2D eigenvalue weighted by atomic mass is 16.6. The molecule has 2 bridgehead atoms. The number of hydrogen-bond donors (Lipinski definition) is 1. The van der Waals surface area contributed by atoms with Crippen molar-refractivity contribution in [3.63, 3.8) is 0 Å². The van der Waals surface area contributed by atoms with Crippen LogP contribution in [0.3, 0.4) is 0 Å². The molecule has 0 saturated carbocycles. The fourth-order valence-corrected chi connectivity index (χ4v) is 6.41. The molecule has 1 spiro atoms. The molecule has 28 heavy (non-hydrogen) atoms. The molecule has 4 aliphatic rings. The number of pyridine rings is 1. The molecule has 5 heteroatoms. The number of rotatable bonds is 3. The number of aliphatic hydroxyl groups is 1. The number of methoxy groups -OCH3 is 1. The van der Waals surface area contributed by atoms with Crippen LogP contribution in [0.25, 0.3) is 10.9 Å². The molecule has 4 aliphatic heterocycles. The van der Waals surface area contributed by atoms with Crippen molar-refractivity contribution in [1.29, 1.82) is 0 Å². The molecule has 4 saturated heterocycles. The largest absolute Gasteiger partial charge is 0.497 e. The molecule has 0 unspecified atom stereocenters. The van der Waals surface area contributed by atoms with Gasteiger partial charge in [0.15, 0.2) is 0 Å². The Bertz CT molecular complexity index is 899. The van der Waals surface area contributed by atoms with Crippen LogP contribution in [0.4, 0.5) is 0 Å². The molecule has 0 aliphatic carbocycles. The van der Waals surface area contributed by atoms with Crippen LogP contribution in [-0.2, 0) is 4.74 Å². The van der Waals surface area contributed by atoms with Gasteiger partial charge in [-0.1, -0.05) is 6.92 Å². The van der Waals surface area contributed by atoms with Crippen LogP contribution in [-0.4, -0.2) is 53.1 Å². The third kappa shape index (κ3) is 2.75. The second-order valence-corrected chi connectivity index (χ2v) is 9.30. The van der Waals surface area contributed by atoms with E-state index in [0.29, 0.717) is 12.6 Å². The van der Waals surface area contributed by atoms with E-state index in [0.717, 1.165) is 45.1 Å². The molecule has 2 aromatic rings. The molecular formula is C23H31N2O3+. The lowest BCUT2D eigenvalue weighted by molar-refractivity contribution is -0.991. The summed E-state index contributed by atoms with van der Waals surface area (Å²) in [7, 11) is 1.69. The smallest absolute Gasteiger partial charge is 0.214 e. The summed E-state index contributed by atoms with van der Waals surface area (Å²) >= 11 is 0. The molecule has 0 radical (unpaired) electrons. The highest BCUT2D eigenvalue weighted by molar-refractivity contribution is 5.84. The van der Waals surface area contributed by atoms with Crippen molar-refractivity contribution in [2.45, 2.75) is 51.0 Å². The van der Waals surface area contributed by atoms with Crippen molar-refractivity contribution in [1.82, 2.24) is 4.98 Å². The maximum atomic E-state index is 11.1. The van der Waals surface area contributed by atoms with E-state index in [4.69, 9.17) is 9.47 Å². The van der Waals surface area contributed by atoms with Crippen molar-refractivity contribution < 1.29 is 19.1 Å². The Morgan fingerprint density at radius 1 is 1.36 bits per heavy atom. The minimum Gasteiger partial charge on any atom is -0.497 e. The second-order valence-electron chi connectivity index (χ2n) is 9.30. The van der Waals surface area contributed by atoms with Gasteiger partial charge in [-0.05, 0) is 49.1 Å². The first-order valence-electron chi connectivity index (χ1n) is 10.6. The molecular weight excluding hydrogens is 352 g/mol. The predicted octanol–water partition coefficient (Wildman–Crippen LogP) is 3.66. The third-order valence-corrected chi connectivity index (χ3v) is 7.61. The Kier molecular flexibility index (Phi) is 4.20. The van der Waals surface area contributed by atoms with Crippen molar-refractivity contribution in [2.24, 2.45) is 11.8 Å². The molecule has 1 aromatic carbocycles. The Morgan fingerprint density at radius 3 is 3.00 bits per heavy atom. The lowest BCUT2D eigenvalue weighted by Gasteiger charge is -2.63. The van der Waals surface area contributed by atoms with Crippen LogP contribution in [0.5, 0.6) is 5.75 Å². The number of aromatic nitrogens is 1. The Balaban J connectivity index is 1.63. The van der Waals surface area contributed by atoms with Gasteiger partial charge in [-0.25, -0.2) is 0 Å². The standard InChI is InChI=1S/C23H31N2O3/c1-4-15-13-25-10-8-16(15)11-21(25)22(28-23(2,26)14-25)18-7-9-24-20-6-5-17(27-3)12-19(18)20/h5-7,9,12,15-16,21-22,26H,4,8,10-11,13-14H2,1-3H3/q+1/t15-,16-,21+,22-,23+,25-/m0/s1. The summed E-state index contributed by atoms with van der Waals surface area (Å²) in [5.41, 5.74) is 2.08. The molecule has 6 rings (SSSR count). The number of hydrogen-bond acceptors (Lipinski definition) is 4. The van der Waals surface area contributed by atoms with Crippen LogP contribution in [0.2, 0.25) is 0 Å². The van der Waals surface area contributed by atoms with E-state index in [2.05, 4.69) is 24.0 Å². The summed E-state index contributed by atoms with van der Waals surface area (Å²) in [4.78, 5) is 4.55. The number of morpholine rings is 1. The Hall–Kier alpha value is -1.69. The summed E-state index contributed by atoms with van der Waals surface area (Å²) in [5.74, 6) is 1.27. The Labute approximate surface area is 166 Å². The van der Waals surface area contributed by atoms with Gasteiger partial charge >= 0.3 is 0 Å². The topological polar surface area (TPSA) is 51.6 Å². The first kappa shape index (κ1) is 18.3. The van der Waals surface area contributed by atoms with Crippen molar-refractivity contribution in [3.8, 4) is 5.75 Å². The first-order chi connectivity index (χ1) is 13.4. The fraction of sp³-hybridized carbons (Fsp3) is 0.609. The van der Waals surface area contributed by atoms with Gasteiger partial charge in [-0.3, -0.25) is 4.98 Å². The Morgan fingerprint density at radius 2 is 2.21 bits per heavy atom. The summed E-state index contributed by atoms with van der Waals surface area (Å²) in [6, 6.07) is 8.48. The maximum Gasteiger partial charge on any atom is 0.214 e. The minimum absolute atomic E-state index is 0.123. The lowest BCUT2D eigenvalue weighted by atomic mass is 9.69. The zero-order chi connectivity index (χ0) is 19.5. The second kappa shape index (κ2) is 6.41. The summed E-state index contributed by atoms with van der Waals surface area (Å²) in [6.07, 6.45) is 5.45. The van der Waals surface area contributed by atoms with Crippen molar-refractivity contribution in [3.05, 3.63) is 36.0 Å². The summed E-state index contributed by atoms with van der Waals surface area (Å²) in [5, 5.41) is 12.2. The fourth-order valence-electron chi connectivity index (χ4n) is 6.41. The third-order valence-electron chi connectivity index (χ3n) is 7.61. The van der Waals surface area contributed by atoms with Crippen molar-refractivity contribution >= 4 is 10.9 Å². The monoisotopic (exact) mass is 383 g/mol. The first-order valence-corrected chi connectivity index (χ1v) is 10.6.